The predicted molar refractivity (Wildman–Crippen MR) is 65.1 cm³/mol. The number of anilines is 2. The number of aromatic nitrogens is 1. The second kappa shape index (κ2) is 5.30. The van der Waals surface area contributed by atoms with Gasteiger partial charge in [-0.1, -0.05) is 0 Å². The van der Waals surface area contributed by atoms with Crippen LogP contribution < -0.4 is 10.1 Å². The molecule has 0 atom stereocenters. The summed E-state index contributed by atoms with van der Waals surface area (Å²) >= 11 is 0. The first-order chi connectivity index (χ1) is 8.28. The third-order valence-corrected chi connectivity index (χ3v) is 2.18. The summed E-state index contributed by atoms with van der Waals surface area (Å²) in [6.07, 6.45) is 1.42. The van der Waals surface area contributed by atoms with Crippen LogP contribution in [0.4, 0.5) is 15.8 Å². The van der Waals surface area contributed by atoms with Gasteiger partial charge in [0, 0.05) is 23.6 Å². The fourth-order valence-electron chi connectivity index (χ4n) is 1.45. The topological polar surface area (TPSA) is 34.1 Å². The van der Waals surface area contributed by atoms with E-state index in [4.69, 9.17) is 4.74 Å². The monoisotopic (exact) mass is 232 g/mol. The molecule has 3 nitrogen and oxygen atoms in total. The minimum absolute atomic E-state index is 0.499. The molecule has 0 bridgehead atoms. The van der Waals surface area contributed by atoms with Gasteiger partial charge in [0.25, 0.3) is 0 Å². The number of hydrogen-bond acceptors (Lipinski definition) is 3. The van der Waals surface area contributed by atoms with Gasteiger partial charge in [0.15, 0.2) is 0 Å². The van der Waals surface area contributed by atoms with Crippen molar-refractivity contribution in [2.45, 2.75) is 6.92 Å². The molecule has 1 heterocycles. The van der Waals surface area contributed by atoms with Crippen LogP contribution in [0.3, 0.4) is 0 Å². The maximum atomic E-state index is 12.9. The number of nitrogens with zero attached hydrogens (tertiary/aromatic N) is 1. The number of ether oxygens (including phenoxy) is 1. The number of hydrogen-bond donors (Lipinski definition) is 1. The van der Waals surface area contributed by atoms with Gasteiger partial charge in [-0.2, -0.15) is 4.39 Å². The Balaban J connectivity index is 2.08. The zero-order valence-electron chi connectivity index (χ0n) is 9.48. The Kier molecular flexibility index (Phi) is 3.55. The van der Waals surface area contributed by atoms with Crippen molar-refractivity contribution in [3.8, 4) is 5.75 Å². The van der Waals surface area contributed by atoms with Crippen molar-refractivity contribution in [2.24, 2.45) is 0 Å². The maximum absolute atomic E-state index is 12.9. The highest BCUT2D eigenvalue weighted by Crippen LogP contribution is 2.19. The first-order valence-electron chi connectivity index (χ1n) is 5.39. The van der Waals surface area contributed by atoms with E-state index in [1.165, 1.54) is 12.3 Å². The van der Waals surface area contributed by atoms with E-state index in [1.54, 1.807) is 6.07 Å². The Bertz CT molecular complexity index is 485. The molecular formula is C13H13FN2O. The summed E-state index contributed by atoms with van der Waals surface area (Å²) in [6.45, 7) is 2.58. The van der Waals surface area contributed by atoms with Gasteiger partial charge < -0.3 is 10.1 Å². The maximum Gasteiger partial charge on any atom is 0.214 e. The van der Waals surface area contributed by atoms with Crippen molar-refractivity contribution in [2.75, 3.05) is 11.9 Å². The standard InChI is InChI=1S/C13H13FN2O/c1-2-17-12-5-3-10(4-6-12)16-11-7-8-15-13(14)9-11/h3-9H,2H2,1H3,(H,15,16). The average molecular weight is 232 g/mol. The molecule has 0 saturated carbocycles. The van der Waals surface area contributed by atoms with Gasteiger partial charge in [-0.3, -0.25) is 0 Å². The number of pyridine rings is 1. The van der Waals surface area contributed by atoms with Gasteiger partial charge in [-0.15, -0.1) is 0 Å². The van der Waals surface area contributed by atoms with E-state index < -0.39 is 5.95 Å². The second-order valence-electron chi connectivity index (χ2n) is 3.45. The summed E-state index contributed by atoms with van der Waals surface area (Å²) in [4.78, 5) is 3.49. The molecule has 0 aliphatic carbocycles. The fourth-order valence-corrected chi connectivity index (χ4v) is 1.45. The molecule has 88 valence electrons. The van der Waals surface area contributed by atoms with Crippen LogP contribution in [-0.2, 0) is 0 Å². The SMILES string of the molecule is CCOc1ccc(Nc2ccnc(F)c2)cc1. The van der Waals surface area contributed by atoms with E-state index >= 15 is 0 Å². The predicted octanol–water partition coefficient (Wildman–Crippen LogP) is 3.36. The molecule has 1 aromatic carbocycles. The largest absolute Gasteiger partial charge is 0.494 e. The summed E-state index contributed by atoms with van der Waals surface area (Å²) in [5, 5.41) is 3.08. The molecule has 1 aromatic heterocycles. The quantitative estimate of drug-likeness (QED) is 0.821. The van der Waals surface area contributed by atoms with Crippen molar-refractivity contribution in [1.29, 1.82) is 0 Å². The molecule has 0 spiro atoms. The van der Waals surface area contributed by atoms with Crippen molar-refractivity contribution in [1.82, 2.24) is 4.98 Å². The van der Waals surface area contributed by atoms with E-state index in [1.807, 2.05) is 31.2 Å². The summed E-state index contributed by atoms with van der Waals surface area (Å²) in [5.74, 6) is 0.319. The van der Waals surface area contributed by atoms with Crippen LogP contribution in [-0.4, -0.2) is 11.6 Å². The number of rotatable bonds is 4. The molecule has 0 unspecified atom stereocenters. The minimum atomic E-state index is -0.499. The smallest absolute Gasteiger partial charge is 0.214 e. The van der Waals surface area contributed by atoms with Crippen LogP contribution in [0.25, 0.3) is 0 Å². The summed E-state index contributed by atoms with van der Waals surface area (Å²) < 4.78 is 18.2. The fraction of sp³-hybridized carbons (Fsp3) is 0.154. The molecule has 2 rings (SSSR count). The first-order valence-corrected chi connectivity index (χ1v) is 5.39. The van der Waals surface area contributed by atoms with Crippen LogP contribution in [0.2, 0.25) is 0 Å². The van der Waals surface area contributed by atoms with Gasteiger partial charge in [0.05, 0.1) is 6.61 Å². The molecule has 0 radical (unpaired) electrons. The summed E-state index contributed by atoms with van der Waals surface area (Å²) in [5.41, 5.74) is 1.54. The van der Waals surface area contributed by atoms with Gasteiger partial charge in [-0.05, 0) is 37.3 Å². The van der Waals surface area contributed by atoms with Crippen molar-refractivity contribution >= 4 is 11.4 Å². The van der Waals surface area contributed by atoms with E-state index in [9.17, 15) is 4.39 Å². The molecule has 1 N–H and O–H groups in total. The van der Waals surface area contributed by atoms with E-state index in [0.29, 0.717) is 12.3 Å². The third-order valence-electron chi connectivity index (χ3n) is 2.18. The van der Waals surface area contributed by atoms with Gasteiger partial charge >= 0.3 is 0 Å². The molecule has 0 aliphatic rings. The molecule has 4 heteroatoms. The van der Waals surface area contributed by atoms with E-state index in [2.05, 4.69) is 10.3 Å². The lowest BCUT2D eigenvalue weighted by molar-refractivity contribution is 0.340. The minimum Gasteiger partial charge on any atom is -0.494 e. The molecule has 0 saturated heterocycles. The Morgan fingerprint density at radius 3 is 2.59 bits per heavy atom. The summed E-state index contributed by atoms with van der Waals surface area (Å²) in [7, 11) is 0. The lowest BCUT2D eigenvalue weighted by atomic mass is 10.3. The third kappa shape index (κ3) is 3.17. The van der Waals surface area contributed by atoms with Gasteiger partial charge in [0.1, 0.15) is 5.75 Å². The van der Waals surface area contributed by atoms with Crippen molar-refractivity contribution in [3.63, 3.8) is 0 Å². The molecule has 0 fully saturated rings. The van der Waals surface area contributed by atoms with Crippen LogP contribution in [0.1, 0.15) is 6.92 Å². The average Bonchev–Trinajstić information content (AvgIpc) is 2.32. The van der Waals surface area contributed by atoms with Crippen LogP contribution in [0.5, 0.6) is 5.75 Å². The van der Waals surface area contributed by atoms with Gasteiger partial charge in [0.2, 0.25) is 5.95 Å². The Hall–Kier alpha value is -2.10. The highest BCUT2D eigenvalue weighted by molar-refractivity contribution is 5.59. The van der Waals surface area contributed by atoms with E-state index in [0.717, 1.165) is 11.4 Å². The molecule has 17 heavy (non-hydrogen) atoms. The Morgan fingerprint density at radius 1 is 1.18 bits per heavy atom. The van der Waals surface area contributed by atoms with Crippen molar-refractivity contribution in [3.05, 3.63) is 48.5 Å². The lowest BCUT2D eigenvalue weighted by Gasteiger charge is -2.07. The van der Waals surface area contributed by atoms with E-state index in [-0.39, 0.29) is 0 Å². The molecule has 2 aromatic rings. The zero-order chi connectivity index (χ0) is 12.1. The highest BCUT2D eigenvalue weighted by atomic mass is 19.1. The highest BCUT2D eigenvalue weighted by Gasteiger charge is 1.98. The van der Waals surface area contributed by atoms with Crippen molar-refractivity contribution < 1.29 is 9.13 Å². The zero-order valence-corrected chi connectivity index (χ0v) is 9.48. The summed E-state index contributed by atoms with van der Waals surface area (Å²) in [6, 6.07) is 10.5. The molecule has 0 amide bonds. The molecule has 0 aliphatic heterocycles. The molecular weight excluding hydrogens is 219 g/mol. The van der Waals surface area contributed by atoms with Crippen LogP contribution in [0.15, 0.2) is 42.6 Å². The normalized spacial score (nSPS) is 10.0. The second-order valence-corrected chi connectivity index (χ2v) is 3.45. The number of nitrogens with one attached hydrogen (secondary N) is 1. The Labute approximate surface area is 99.3 Å². The lowest BCUT2D eigenvalue weighted by Crippen LogP contribution is -1.94. The number of benzene rings is 1. The first kappa shape index (κ1) is 11.4. The Morgan fingerprint density at radius 2 is 1.94 bits per heavy atom. The van der Waals surface area contributed by atoms with Gasteiger partial charge in [-0.25, -0.2) is 4.98 Å². The van der Waals surface area contributed by atoms with Crippen LogP contribution in [0, 0.1) is 5.95 Å². The van der Waals surface area contributed by atoms with Crippen LogP contribution >= 0.6 is 0 Å². The number of halogens is 1.